The molecular formula is C30H36. The predicted molar refractivity (Wildman–Crippen MR) is 137 cm³/mol. The van der Waals surface area contributed by atoms with Crippen molar-refractivity contribution in [3.8, 4) is 0 Å². The highest BCUT2D eigenvalue weighted by Gasteiger charge is 2.11. The molecule has 0 aliphatic rings. The maximum absolute atomic E-state index is 4.40. The van der Waals surface area contributed by atoms with E-state index in [9.17, 15) is 0 Å². The second-order valence-corrected chi connectivity index (χ2v) is 7.94. The molecule has 0 spiro atoms. The fourth-order valence-corrected chi connectivity index (χ4v) is 3.68. The van der Waals surface area contributed by atoms with Gasteiger partial charge in [0.05, 0.1) is 0 Å². The molecule has 3 rings (SSSR count). The second-order valence-electron chi connectivity index (χ2n) is 7.94. The highest BCUT2D eigenvalue weighted by Crippen LogP contribution is 2.34. The summed E-state index contributed by atoms with van der Waals surface area (Å²) < 4.78 is 0. The number of hydrogen-bond acceptors (Lipinski definition) is 0. The second kappa shape index (κ2) is 12.0. The summed E-state index contributed by atoms with van der Waals surface area (Å²) in [5.41, 5.74) is 7.33. The lowest BCUT2D eigenvalue weighted by atomic mass is 9.88. The van der Waals surface area contributed by atoms with Gasteiger partial charge in [-0.3, -0.25) is 0 Å². The SMILES string of the molecule is C=C(/C(=C/C)c1ccccc1C)c1cccc2ccccc12.C=C(C)CCCCC. The molecule has 30 heavy (non-hydrogen) atoms. The first-order valence-electron chi connectivity index (χ1n) is 11.0. The summed E-state index contributed by atoms with van der Waals surface area (Å²) in [4.78, 5) is 0. The third-order valence-corrected chi connectivity index (χ3v) is 5.37. The van der Waals surface area contributed by atoms with Crippen LogP contribution in [0.5, 0.6) is 0 Å². The van der Waals surface area contributed by atoms with Gasteiger partial charge in [0, 0.05) is 0 Å². The Morgan fingerprint density at radius 3 is 2.13 bits per heavy atom. The zero-order valence-corrected chi connectivity index (χ0v) is 19.2. The van der Waals surface area contributed by atoms with E-state index in [1.807, 2.05) is 0 Å². The summed E-state index contributed by atoms with van der Waals surface area (Å²) >= 11 is 0. The Kier molecular flexibility index (Phi) is 9.35. The first-order chi connectivity index (χ1) is 14.5. The molecule has 0 heterocycles. The van der Waals surface area contributed by atoms with E-state index in [-0.39, 0.29) is 0 Å². The normalized spacial score (nSPS) is 11.0. The van der Waals surface area contributed by atoms with Crippen LogP contribution in [0.3, 0.4) is 0 Å². The van der Waals surface area contributed by atoms with E-state index in [1.165, 1.54) is 64.3 Å². The summed E-state index contributed by atoms with van der Waals surface area (Å²) in [6.45, 7) is 16.8. The monoisotopic (exact) mass is 396 g/mol. The first kappa shape index (κ1) is 23.4. The number of unbranched alkanes of at least 4 members (excludes halogenated alkanes) is 2. The van der Waals surface area contributed by atoms with Gasteiger partial charge in [-0.25, -0.2) is 0 Å². The van der Waals surface area contributed by atoms with Gasteiger partial charge in [0.25, 0.3) is 0 Å². The number of aryl methyl sites for hydroxylation is 1. The molecule has 0 saturated carbocycles. The molecule has 3 aromatic rings. The van der Waals surface area contributed by atoms with Crippen molar-refractivity contribution < 1.29 is 0 Å². The molecule has 0 aliphatic carbocycles. The lowest BCUT2D eigenvalue weighted by Crippen LogP contribution is -1.93. The number of rotatable bonds is 7. The maximum atomic E-state index is 4.40. The first-order valence-corrected chi connectivity index (χ1v) is 11.0. The summed E-state index contributed by atoms with van der Waals surface area (Å²) in [7, 11) is 0. The predicted octanol–water partition coefficient (Wildman–Crippen LogP) is 9.41. The van der Waals surface area contributed by atoms with E-state index in [0.29, 0.717) is 0 Å². The van der Waals surface area contributed by atoms with Gasteiger partial charge in [-0.1, -0.05) is 105 Å². The van der Waals surface area contributed by atoms with Crippen molar-refractivity contribution in [1.29, 1.82) is 0 Å². The molecule has 0 heteroatoms. The van der Waals surface area contributed by atoms with Crippen LogP contribution in [-0.2, 0) is 0 Å². The zero-order chi connectivity index (χ0) is 21.9. The molecule has 0 unspecified atom stereocenters. The molecule has 0 bridgehead atoms. The van der Waals surface area contributed by atoms with Crippen molar-refractivity contribution >= 4 is 21.9 Å². The molecule has 0 fully saturated rings. The third kappa shape index (κ3) is 6.32. The van der Waals surface area contributed by atoms with E-state index in [0.717, 1.165) is 5.57 Å². The van der Waals surface area contributed by atoms with E-state index < -0.39 is 0 Å². The minimum Gasteiger partial charge on any atom is -0.100 e. The van der Waals surface area contributed by atoms with E-state index in [1.54, 1.807) is 0 Å². The van der Waals surface area contributed by atoms with Crippen LogP contribution in [0.2, 0.25) is 0 Å². The largest absolute Gasteiger partial charge is 0.100 e. The van der Waals surface area contributed by atoms with Crippen LogP contribution in [0, 0.1) is 6.92 Å². The van der Waals surface area contributed by atoms with Crippen molar-refractivity contribution in [2.24, 2.45) is 0 Å². The van der Waals surface area contributed by atoms with Gasteiger partial charge < -0.3 is 0 Å². The molecule has 0 aromatic heterocycles. The average molecular weight is 397 g/mol. The average Bonchev–Trinajstić information content (AvgIpc) is 2.75. The highest BCUT2D eigenvalue weighted by atomic mass is 14.2. The third-order valence-electron chi connectivity index (χ3n) is 5.37. The lowest BCUT2D eigenvalue weighted by molar-refractivity contribution is 0.714. The molecule has 156 valence electrons. The van der Waals surface area contributed by atoms with Gasteiger partial charge in [0.2, 0.25) is 0 Å². The Morgan fingerprint density at radius 2 is 1.47 bits per heavy atom. The van der Waals surface area contributed by atoms with E-state index in [4.69, 9.17) is 0 Å². The minimum absolute atomic E-state index is 1.08. The molecule has 0 radical (unpaired) electrons. The summed E-state index contributed by atoms with van der Waals surface area (Å²) in [6.07, 6.45) is 7.37. The molecule has 0 aliphatic heterocycles. The van der Waals surface area contributed by atoms with Crippen LogP contribution in [0.15, 0.2) is 91.5 Å². The Labute approximate surface area is 183 Å². The highest BCUT2D eigenvalue weighted by molar-refractivity contribution is 6.10. The molecular weight excluding hydrogens is 360 g/mol. The zero-order valence-electron chi connectivity index (χ0n) is 19.2. The van der Waals surface area contributed by atoms with Crippen LogP contribution in [0.25, 0.3) is 21.9 Å². The van der Waals surface area contributed by atoms with Crippen LogP contribution in [0.4, 0.5) is 0 Å². The lowest BCUT2D eigenvalue weighted by Gasteiger charge is -2.15. The topological polar surface area (TPSA) is 0 Å². The van der Waals surface area contributed by atoms with Crippen molar-refractivity contribution in [1.82, 2.24) is 0 Å². The van der Waals surface area contributed by atoms with Gasteiger partial charge in [0.1, 0.15) is 0 Å². The van der Waals surface area contributed by atoms with Crippen molar-refractivity contribution in [3.05, 3.63) is 108 Å². The minimum atomic E-state index is 1.08. The van der Waals surface area contributed by atoms with Gasteiger partial charge in [-0.15, -0.1) is 6.58 Å². The van der Waals surface area contributed by atoms with Gasteiger partial charge in [-0.05, 0) is 72.2 Å². The van der Waals surface area contributed by atoms with Gasteiger partial charge in [-0.2, -0.15) is 0 Å². The van der Waals surface area contributed by atoms with Crippen LogP contribution < -0.4 is 0 Å². The summed E-state index contributed by atoms with van der Waals surface area (Å²) in [6, 6.07) is 23.4. The number of hydrogen-bond donors (Lipinski definition) is 0. The summed E-state index contributed by atoms with van der Waals surface area (Å²) in [5, 5.41) is 2.50. The summed E-state index contributed by atoms with van der Waals surface area (Å²) in [5.74, 6) is 0. The van der Waals surface area contributed by atoms with Crippen LogP contribution in [0.1, 0.15) is 63.1 Å². The van der Waals surface area contributed by atoms with Crippen molar-refractivity contribution in [2.75, 3.05) is 0 Å². The molecule has 0 nitrogen and oxygen atoms in total. The smallest absolute Gasteiger partial charge is 0.0105 e. The number of benzene rings is 3. The standard InChI is InChI=1S/C22H20.C8H16/c1-4-19(20-13-7-5-10-16(20)2)17(3)21-15-9-12-18-11-6-8-14-22(18)21;1-4-5-6-7-8(2)3/h4-15H,3H2,1-2H3;2,4-7H2,1,3H3/b19-4-;. The van der Waals surface area contributed by atoms with Crippen LogP contribution in [-0.4, -0.2) is 0 Å². The van der Waals surface area contributed by atoms with Gasteiger partial charge in [0.15, 0.2) is 0 Å². The van der Waals surface area contributed by atoms with E-state index >= 15 is 0 Å². The van der Waals surface area contributed by atoms with E-state index in [2.05, 4.69) is 114 Å². The fraction of sp³-hybridized carbons (Fsp3) is 0.267. The Hall–Kier alpha value is -2.86. The Balaban J connectivity index is 0.000000343. The quantitative estimate of drug-likeness (QED) is 0.212. The molecule has 0 N–H and O–H groups in total. The van der Waals surface area contributed by atoms with Crippen molar-refractivity contribution in [2.45, 2.75) is 53.4 Å². The van der Waals surface area contributed by atoms with Crippen molar-refractivity contribution in [3.63, 3.8) is 0 Å². The van der Waals surface area contributed by atoms with Gasteiger partial charge >= 0.3 is 0 Å². The molecule has 0 atom stereocenters. The molecule has 3 aromatic carbocycles. The number of allylic oxidation sites excluding steroid dienone is 4. The Morgan fingerprint density at radius 1 is 0.833 bits per heavy atom. The van der Waals surface area contributed by atoms with Crippen LogP contribution >= 0.6 is 0 Å². The fourth-order valence-electron chi connectivity index (χ4n) is 3.68. The Bertz CT molecular complexity index is 1010. The molecule has 0 amide bonds. The number of fused-ring (bicyclic) bond motifs is 1. The maximum Gasteiger partial charge on any atom is -0.0105 e. The molecule has 0 saturated heterocycles.